The maximum atomic E-state index is 11.3. The second kappa shape index (κ2) is 5.09. The highest BCUT2D eigenvalue weighted by Gasteiger charge is 2.51. The molecule has 0 spiro atoms. The molecule has 1 N–H and O–H groups in total. The van der Waals surface area contributed by atoms with Crippen LogP contribution in [-0.2, 0) is 9.53 Å². The Hall–Kier alpha value is -1.55. The van der Waals surface area contributed by atoms with Crippen LogP contribution in [0.2, 0.25) is 0 Å². The summed E-state index contributed by atoms with van der Waals surface area (Å²) in [5.74, 6) is 1.42. The number of carbonyl (C=O) groups excluding carboxylic acids is 1. The molecular weight excluding hydrogens is 254 g/mol. The van der Waals surface area contributed by atoms with Gasteiger partial charge in [-0.25, -0.2) is 0 Å². The normalized spacial score (nSPS) is 31.9. The van der Waals surface area contributed by atoms with Crippen LogP contribution in [0, 0.1) is 5.92 Å². The number of methoxy groups -OCH3 is 1. The van der Waals surface area contributed by atoms with Gasteiger partial charge in [-0.2, -0.15) is 0 Å². The molecule has 0 bridgehead atoms. The number of rotatable bonds is 3. The fourth-order valence-corrected chi connectivity index (χ4v) is 3.43. The fourth-order valence-electron chi connectivity index (χ4n) is 3.43. The van der Waals surface area contributed by atoms with Crippen LogP contribution in [0.4, 0.5) is 0 Å². The lowest BCUT2D eigenvalue weighted by molar-refractivity contribution is -0.140. The molecule has 1 amide bonds. The molecule has 1 aromatic rings. The highest BCUT2D eigenvalue weighted by molar-refractivity contribution is 5.74. The van der Waals surface area contributed by atoms with Crippen LogP contribution < -0.4 is 10.1 Å². The second-order valence-electron chi connectivity index (χ2n) is 5.88. The van der Waals surface area contributed by atoms with Gasteiger partial charge in [0.05, 0.1) is 25.4 Å². The molecule has 3 rings (SSSR count). The molecule has 1 aliphatic carbocycles. The first kappa shape index (κ1) is 13.4. The van der Waals surface area contributed by atoms with E-state index < -0.39 is 0 Å². The molecule has 2 aliphatic rings. The molecule has 0 radical (unpaired) electrons. The van der Waals surface area contributed by atoms with Crippen LogP contribution in [0.5, 0.6) is 5.75 Å². The van der Waals surface area contributed by atoms with E-state index in [0.29, 0.717) is 12.5 Å². The largest absolute Gasteiger partial charge is 0.497 e. The number of nitrogens with one attached hydrogen (secondary N) is 1. The Bertz CT molecular complexity index is 516. The van der Waals surface area contributed by atoms with E-state index in [1.807, 2.05) is 18.2 Å². The van der Waals surface area contributed by atoms with Crippen molar-refractivity contribution in [2.24, 2.45) is 5.92 Å². The summed E-state index contributed by atoms with van der Waals surface area (Å²) >= 11 is 0. The minimum Gasteiger partial charge on any atom is -0.497 e. The molecule has 4 heteroatoms. The van der Waals surface area contributed by atoms with Crippen molar-refractivity contribution in [1.82, 2.24) is 5.32 Å². The van der Waals surface area contributed by atoms with Gasteiger partial charge in [-0.15, -0.1) is 0 Å². The van der Waals surface area contributed by atoms with Crippen LogP contribution >= 0.6 is 0 Å². The minimum absolute atomic E-state index is 0.0399. The quantitative estimate of drug-likeness (QED) is 0.921. The number of carbonyl (C=O) groups is 1. The van der Waals surface area contributed by atoms with Gasteiger partial charge in [0.2, 0.25) is 5.91 Å². The molecule has 2 fully saturated rings. The Morgan fingerprint density at radius 3 is 2.95 bits per heavy atom. The van der Waals surface area contributed by atoms with Crippen LogP contribution in [0.3, 0.4) is 0 Å². The summed E-state index contributed by atoms with van der Waals surface area (Å²) in [4.78, 5) is 11.3. The fraction of sp³-hybridized carbons (Fsp3) is 0.562. The van der Waals surface area contributed by atoms with Gasteiger partial charge in [-0.05, 0) is 42.9 Å². The van der Waals surface area contributed by atoms with Gasteiger partial charge in [0.15, 0.2) is 0 Å². The predicted octanol–water partition coefficient (Wildman–Crippen LogP) is 2.44. The third-order valence-corrected chi connectivity index (χ3v) is 4.65. The van der Waals surface area contributed by atoms with E-state index in [0.717, 1.165) is 24.2 Å². The van der Waals surface area contributed by atoms with Crippen LogP contribution in [0.25, 0.3) is 0 Å². The van der Waals surface area contributed by atoms with Crippen molar-refractivity contribution in [3.05, 3.63) is 29.8 Å². The van der Waals surface area contributed by atoms with Crippen molar-refractivity contribution < 1.29 is 14.3 Å². The number of amides is 1. The zero-order valence-electron chi connectivity index (χ0n) is 12.0. The monoisotopic (exact) mass is 275 g/mol. The van der Waals surface area contributed by atoms with E-state index in [1.165, 1.54) is 6.42 Å². The third kappa shape index (κ3) is 2.29. The topological polar surface area (TPSA) is 47.6 Å². The number of hydrogen-bond donors (Lipinski definition) is 1. The Morgan fingerprint density at radius 1 is 1.50 bits per heavy atom. The molecule has 1 saturated carbocycles. The van der Waals surface area contributed by atoms with Crippen molar-refractivity contribution in [3.63, 3.8) is 0 Å². The lowest BCUT2D eigenvalue weighted by Crippen LogP contribution is -2.64. The Morgan fingerprint density at radius 2 is 2.35 bits per heavy atom. The van der Waals surface area contributed by atoms with Gasteiger partial charge >= 0.3 is 0 Å². The van der Waals surface area contributed by atoms with E-state index in [1.54, 1.807) is 14.0 Å². The third-order valence-electron chi connectivity index (χ3n) is 4.65. The number of fused-ring (bicyclic) bond motifs is 1. The van der Waals surface area contributed by atoms with Gasteiger partial charge < -0.3 is 14.8 Å². The maximum absolute atomic E-state index is 11.3. The maximum Gasteiger partial charge on any atom is 0.217 e. The average Bonchev–Trinajstić information content (AvgIpc) is 2.43. The summed E-state index contributed by atoms with van der Waals surface area (Å²) in [5, 5.41) is 3.10. The molecule has 0 unspecified atom stereocenters. The van der Waals surface area contributed by atoms with Gasteiger partial charge in [0.1, 0.15) is 5.75 Å². The summed E-state index contributed by atoms with van der Waals surface area (Å²) < 4.78 is 11.3. The Kier molecular flexibility index (Phi) is 3.42. The zero-order valence-corrected chi connectivity index (χ0v) is 12.0. The average molecular weight is 275 g/mol. The standard InChI is InChI=1S/C16H21NO3/c1-11(18)17-16-7-6-13(16)9-15(20-10-16)12-4-3-5-14(8-12)19-2/h3-5,8,13,15H,6-7,9-10H2,1-2H3,(H,17,18)/t13-,15+,16-/m1/s1. The van der Waals surface area contributed by atoms with Gasteiger partial charge in [-0.1, -0.05) is 12.1 Å². The number of benzene rings is 1. The first-order valence-electron chi connectivity index (χ1n) is 7.17. The van der Waals surface area contributed by atoms with E-state index in [9.17, 15) is 4.79 Å². The van der Waals surface area contributed by atoms with E-state index in [4.69, 9.17) is 9.47 Å². The van der Waals surface area contributed by atoms with Crippen molar-refractivity contribution in [1.29, 1.82) is 0 Å². The molecule has 4 nitrogen and oxygen atoms in total. The summed E-state index contributed by atoms with van der Waals surface area (Å²) in [6.45, 7) is 2.19. The smallest absolute Gasteiger partial charge is 0.217 e. The highest BCUT2D eigenvalue weighted by atomic mass is 16.5. The minimum atomic E-state index is -0.110. The first-order valence-corrected chi connectivity index (χ1v) is 7.17. The molecule has 1 aliphatic heterocycles. The Balaban J connectivity index is 1.72. The molecule has 20 heavy (non-hydrogen) atoms. The van der Waals surface area contributed by atoms with Crippen molar-refractivity contribution in [2.75, 3.05) is 13.7 Å². The van der Waals surface area contributed by atoms with Gasteiger partial charge in [0, 0.05) is 6.92 Å². The highest BCUT2D eigenvalue weighted by Crippen LogP contribution is 2.49. The summed E-state index contributed by atoms with van der Waals surface area (Å²) in [6.07, 6.45) is 3.27. The molecule has 108 valence electrons. The molecule has 3 atom stereocenters. The van der Waals surface area contributed by atoms with E-state index in [2.05, 4.69) is 11.4 Å². The lowest BCUT2D eigenvalue weighted by atomic mass is 9.63. The summed E-state index contributed by atoms with van der Waals surface area (Å²) in [6, 6.07) is 8.05. The summed E-state index contributed by atoms with van der Waals surface area (Å²) in [7, 11) is 1.68. The van der Waals surface area contributed by atoms with E-state index in [-0.39, 0.29) is 17.6 Å². The van der Waals surface area contributed by atoms with Crippen molar-refractivity contribution >= 4 is 5.91 Å². The van der Waals surface area contributed by atoms with Crippen LogP contribution in [-0.4, -0.2) is 25.2 Å². The van der Waals surface area contributed by atoms with Gasteiger partial charge in [-0.3, -0.25) is 4.79 Å². The van der Waals surface area contributed by atoms with Gasteiger partial charge in [0.25, 0.3) is 0 Å². The van der Waals surface area contributed by atoms with Crippen LogP contribution in [0.1, 0.15) is 37.9 Å². The lowest BCUT2D eigenvalue weighted by Gasteiger charge is -2.54. The van der Waals surface area contributed by atoms with E-state index >= 15 is 0 Å². The molecule has 1 aromatic carbocycles. The molecule has 1 heterocycles. The number of ether oxygens (including phenoxy) is 2. The second-order valence-corrected chi connectivity index (χ2v) is 5.88. The van der Waals surface area contributed by atoms with Crippen LogP contribution in [0.15, 0.2) is 24.3 Å². The van der Waals surface area contributed by atoms with Crippen molar-refractivity contribution in [2.45, 2.75) is 37.8 Å². The molecular formula is C16H21NO3. The number of hydrogen-bond acceptors (Lipinski definition) is 3. The first-order chi connectivity index (χ1) is 9.63. The predicted molar refractivity (Wildman–Crippen MR) is 75.6 cm³/mol. The summed E-state index contributed by atoms with van der Waals surface area (Å²) in [5.41, 5.74) is 1.05. The Labute approximate surface area is 119 Å². The molecule has 1 saturated heterocycles. The van der Waals surface area contributed by atoms with Crippen molar-refractivity contribution in [3.8, 4) is 5.75 Å². The zero-order chi connectivity index (χ0) is 14.2. The molecule has 0 aromatic heterocycles. The SMILES string of the molecule is COc1cccc([C@@H]2C[C@H]3CC[C@@]3(NC(C)=O)CO2)c1.